The van der Waals surface area contributed by atoms with Crippen molar-refractivity contribution in [3.8, 4) is 11.5 Å². The van der Waals surface area contributed by atoms with E-state index in [-0.39, 0.29) is 0 Å². The Labute approximate surface area is 133 Å². The summed E-state index contributed by atoms with van der Waals surface area (Å²) in [6.45, 7) is 2.00. The van der Waals surface area contributed by atoms with Crippen LogP contribution < -0.4 is 20.1 Å². The second-order valence-electron chi connectivity index (χ2n) is 4.57. The number of nitrogens with one attached hydrogen (secondary N) is 2. The SMILES string of the molecule is S=C(NCCc1cccs1)Nc1ccc2c(c1)OCCO2. The van der Waals surface area contributed by atoms with Crippen LogP contribution in [0.4, 0.5) is 5.69 Å². The summed E-state index contributed by atoms with van der Waals surface area (Å²) in [5, 5.41) is 9.06. The van der Waals surface area contributed by atoms with Gasteiger partial charge in [-0.05, 0) is 42.2 Å². The van der Waals surface area contributed by atoms with Gasteiger partial charge in [-0.15, -0.1) is 11.3 Å². The van der Waals surface area contributed by atoms with Crippen molar-refractivity contribution < 1.29 is 9.47 Å². The van der Waals surface area contributed by atoms with Gasteiger partial charge in [-0.1, -0.05) is 6.07 Å². The first kappa shape index (κ1) is 14.2. The van der Waals surface area contributed by atoms with Crippen molar-refractivity contribution in [3.63, 3.8) is 0 Å². The summed E-state index contributed by atoms with van der Waals surface area (Å²) in [5.41, 5.74) is 0.896. The molecule has 1 aromatic carbocycles. The van der Waals surface area contributed by atoms with Crippen molar-refractivity contribution in [2.24, 2.45) is 0 Å². The van der Waals surface area contributed by atoms with E-state index in [1.165, 1.54) is 4.88 Å². The molecule has 0 bridgehead atoms. The van der Waals surface area contributed by atoms with Gasteiger partial charge in [0, 0.05) is 23.2 Å². The van der Waals surface area contributed by atoms with Crippen LogP contribution >= 0.6 is 23.6 Å². The van der Waals surface area contributed by atoms with E-state index in [0.717, 1.165) is 30.2 Å². The van der Waals surface area contributed by atoms with Crippen LogP contribution in [0.5, 0.6) is 11.5 Å². The van der Waals surface area contributed by atoms with Crippen molar-refractivity contribution in [2.75, 3.05) is 25.1 Å². The first-order chi connectivity index (χ1) is 10.3. The Morgan fingerprint density at radius 1 is 1.19 bits per heavy atom. The molecule has 0 saturated heterocycles. The molecule has 0 fully saturated rings. The van der Waals surface area contributed by atoms with Gasteiger partial charge in [0.05, 0.1) is 0 Å². The predicted octanol–water partition coefficient (Wildman–Crippen LogP) is 3.05. The van der Waals surface area contributed by atoms with Crippen LogP contribution in [-0.2, 0) is 6.42 Å². The lowest BCUT2D eigenvalue weighted by Crippen LogP contribution is -2.30. The van der Waals surface area contributed by atoms with Gasteiger partial charge in [-0.2, -0.15) is 0 Å². The molecular weight excluding hydrogens is 304 g/mol. The third-order valence-electron chi connectivity index (χ3n) is 3.04. The first-order valence-electron chi connectivity index (χ1n) is 6.78. The summed E-state index contributed by atoms with van der Waals surface area (Å²) in [6, 6.07) is 9.92. The Bertz CT molecular complexity index is 614. The van der Waals surface area contributed by atoms with Gasteiger partial charge >= 0.3 is 0 Å². The number of hydrogen-bond acceptors (Lipinski definition) is 4. The summed E-state index contributed by atoms with van der Waals surface area (Å²) in [5.74, 6) is 1.54. The Hall–Kier alpha value is -1.79. The molecule has 2 N–H and O–H groups in total. The largest absolute Gasteiger partial charge is 0.486 e. The second-order valence-corrected chi connectivity index (χ2v) is 6.01. The standard InChI is InChI=1S/C15H16N2O2S2/c20-15(16-6-5-12-2-1-9-21-12)17-11-3-4-13-14(10-11)19-8-7-18-13/h1-4,9-10H,5-8H2,(H2,16,17,20). The van der Waals surface area contributed by atoms with E-state index in [2.05, 4.69) is 28.1 Å². The fourth-order valence-electron chi connectivity index (χ4n) is 2.05. The number of fused-ring (bicyclic) bond motifs is 1. The maximum absolute atomic E-state index is 5.55. The normalized spacial score (nSPS) is 12.8. The Morgan fingerprint density at radius 2 is 2.05 bits per heavy atom. The predicted molar refractivity (Wildman–Crippen MR) is 89.7 cm³/mol. The molecule has 0 atom stereocenters. The lowest BCUT2D eigenvalue weighted by molar-refractivity contribution is 0.171. The number of thiocarbonyl (C=S) groups is 1. The summed E-state index contributed by atoms with van der Waals surface area (Å²) in [7, 11) is 0. The van der Waals surface area contributed by atoms with E-state index in [1.807, 2.05) is 18.2 Å². The average Bonchev–Trinajstić information content (AvgIpc) is 3.00. The van der Waals surface area contributed by atoms with E-state index in [0.29, 0.717) is 18.3 Å². The van der Waals surface area contributed by atoms with Gasteiger partial charge < -0.3 is 20.1 Å². The molecule has 1 aliphatic rings. The Morgan fingerprint density at radius 3 is 2.86 bits per heavy atom. The number of thiophene rings is 1. The second kappa shape index (κ2) is 6.78. The molecule has 4 nitrogen and oxygen atoms in total. The third kappa shape index (κ3) is 3.86. The molecule has 3 rings (SSSR count). The van der Waals surface area contributed by atoms with E-state index < -0.39 is 0 Å². The molecule has 0 radical (unpaired) electrons. The highest BCUT2D eigenvalue weighted by Crippen LogP contribution is 2.32. The minimum absolute atomic E-state index is 0.583. The van der Waals surface area contributed by atoms with E-state index in [1.54, 1.807) is 11.3 Å². The molecule has 1 aromatic heterocycles. The monoisotopic (exact) mass is 320 g/mol. The van der Waals surface area contributed by atoms with Gasteiger partial charge in [0.2, 0.25) is 0 Å². The van der Waals surface area contributed by atoms with E-state index in [9.17, 15) is 0 Å². The fraction of sp³-hybridized carbons (Fsp3) is 0.267. The molecule has 0 amide bonds. The highest BCUT2D eigenvalue weighted by Gasteiger charge is 2.11. The molecule has 0 aliphatic carbocycles. The van der Waals surface area contributed by atoms with Crippen LogP contribution in [-0.4, -0.2) is 24.9 Å². The average molecular weight is 320 g/mol. The van der Waals surface area contributed by atoms with Crippen LogP contribution in [0.15, 0.2) is 35.7 Å². The zero-order valence-corrected chi connectivity index (χ0v) is 13.1. The van der Waals surface area contributed by atoms with Crippen LogP contribution in [0.1, 0.15) is 4.88 Å². The summed E-state index contributed by atoms with van der Waals surface area (Å²) < 4.78 is 11.0. The third-order valence-corrected chi connectivity index (χ3v) is 4.22. The quantitative estimate of drug-likeness (QED) is 0.848. The molecule has 0 saturated carbocycles. The molecule has 21 heavy (non-hydrogen) atoms. The van der Waals surface area contributed by atoms with Crippen LogP contribution in [0, 0.1) is 0 Å². The van der Waals surface area contributed by atoms with E-state index in [4.69, 9.17) is 21.7 Å². The van der Waals surface area contributed by atoms with Gasteiger partial charge in [0.15, 0.2) is 16.6 Å². The van der Waals surface area contributed by atoms with Crippen molar-refractivity contribution in [1.82, 2.24) is 5.32 Å². The molecule has 2 aromatic rings. The fourth-order valence-corrected chi connectivity index (χ4v) is 2.98. The van der Waals surface area contributed by atoms with Gasteiger partial charge in [0.1, 0.15) is 13.2 Å². The number of benzene rings is 1. The topological polar surface area (TPSA) is 42.5 Å². The van der Waals surface area contributed by atoms with Crippen LogP contribution in [0.3, 0.4) is 0 Å². The van der Waals surface area contributed by atoms with E-state index >= 15 is 0 Å². The molecule has 1 aliphatic heterocycles. The first-order valence-corrected chi connectivity index (χ1v) is 8.07. The Balaban J connectivity index is 1.50. The molecule has 6 heteroatoms. The van der Waals surface area contributed by atoms with Crippen molar-refractivity contribution in [1.29, 1.82) is 0 Å². The maximum Gasteiger partial charge on any atom is 0.170 e. The molecule has 2 heterocycles. The van der Waals surface area contributed by atoms with Gasteiger partial charge in [-0.25, -0.2) is 0 Å². The van der Waals surface area contributed by atoms with Crippen LogP contribution in [0.25, 0.3) is 0 Å². The number of hydrogen-bond donors (Lipinski definition) is 2. The molecule has 0 spiro atoms. The highest BCUT2D eigenvalue weighted by molar-refractivity contribution is 7.80. The minimum Gasteiger partial charge on any atom is -0.486 e. The summed E-state index contributed by atoms with van der Waals surface area (Å²) in [6.07, 6.45) is 0.973. The lowest BCUT2D eigenvalue weighted by Gasteiger charge is -2.19. The lowest BCUT2D eigenvalue weighted by atomic mass is 10.2. The zero-order valence-electron chi connectivity index (χ0n) is 11.4. The van der Waals surface area contributed by atoms with Crippen LogP contribution in [0.2, 0.25) is 0 Å². The Kier molecular flexibility index (Phi) is 4.57. The molecular formula is C15H16N2O2S2. The summed E-state index contributed by atoms with van der Waals surface area (Å²) >= 11 is 7.05. The summed E-state index contributed by atoms with van der Waals surface area (Å²) in [4.78, 5) is 1.35. The number of rotatable bonds is 4. The van der Waals surface area contributed by atoms with Crippen molar-refractivity contribution in [3.05, 3.63) is 40.6 Å². The smallest absolute Gasteiger partial charge is 0.170 e. The number of anilines is 1. The minimum atomic E-state index is 0.583. The molecule has 110 valence electrons. The van der Waals surface area contributed by atoms with Crippen molar-refractivity contribution in [2.45, 2.75) is 6.42 Å². The van der Waals surface area contributed by atoms with Gasteiger partial charge in [0.25, 0.3) is 0 Å². The zero-order chi connectivity index (χ0) is 14.5. The maximum atomic E-state index is 5.55. The number of ether oxygens (including phenoxy) is 2. The highest BCUT2D eigenvalue weighted by atomic mass is 32.1. The van der Waals surface area contributed by atoms with Crippen molar-refractivity contribution >= 4 is 34.4 Å². The van der Waals surface area contributed by atoms with Gasteiger partial charge in [-0.3, -0.25) is 0 Å². The molecule has 0 unspecified atom stereocenters.